The molecule has 2 N–H and O–H groups in total. The number of allylic oxidation sites excluding steroid dienone is 1. The molecule has 0 aliphatic carbocycles. The van der Waals surface area contributed by atoms with Gasteiger partial charge in [0.1, 0.15) is 0 Å². The SMILES string of the molecule is C=CCC(C)C(C)NCC(C)(O)CSC. The van der Waals surface area contributed by atoms with E-state index in [0.717, 1.165) is 12.2 Å². The van der Waals surface area contributed by atoms with Gasteiger partial charge in [-0.25, -0.2) is 0 Å². The first kappa shape index (κ1) is 15.0. The Kier molecular flexibility index (Phi) is 7.32. The van der Waals surface area contributed by atoms with Gasteiger partial charge in [-0.15, -0.1) is 6.58 Å². The molecule has 0 spiro atoms. The minimum absolute atomic E-state index is 0.413. The normalized spacial score (nSPS) is 19.3. The van der Waals surface area contributed by atoms with Gasteiger partial charge < -0.3 is 10.4 Å². The zero-order valence-electron chi connectivity index (χ0n) is 10.4. The second-order valence-electron chi connectivity index (χ2n) is 4.60. The van der Waals surface area contributed by atoms with Crippen molar-refractivity contribution in [1.82, 2.24) is 5.32 Å². The molecule has 0 fully saturated rings. The lowest BCUT2D eigenvalue weighted by molar-refractivity contribution is 0.0798. The van der Waals surface area contributed by atoms with Gasteiger partial charge in [-0.3, -0.25) is 0 Å². The van der Waals surface area contributed by atoms with Crippen molar-refractivity contribution in [2.24, 2.45) is 5.92 Å². The fourth-order valence-corrected chi connectivity index (χ4v) is 2.14. The Balaban J connectivity index is 3.87. The molecule has 0 rings (SSSR count). The average molecular weight is 231 g/mol. The molecule has 90 valence electrons. The highest BCUT2D eigenvalue weighted by Gasteiger charge is 2.21. The molecule has 15 heavy (non-hydrogen) atoms. The van der Waals surface area contributed by atoms with E-state index in [1.807, 2.05) is 19.3 Å². The fraction of sp³-hybridized carbons (Fsp3) is 0.833. The summed E-state index contributed by atoms with van der Waals surface area (Å²) in [6.07, 6.45) is 4.97. The van der Waals surface area contributed by atoms with Crippen LogP contribution in [0.4, 0.5) is 0 Å². The van der Waals surface area contributed by atoms with Gasteiger partial charge in [-0.05, 0) is 32.4 Å². The lowest BCUT2D eigenvalue weighted by atomic mass is 9.99. The topological polar surface area (TPSA) is 32.3 Å². The van der Waals surface area contributed by atoms with Crippen LogP contribution in [0.25, 0.3) is 0 Å². The van der Waals surface area contributed by atoms with Crippen LogP contribution in [-0.4, -0.2) is 35.3 Å². The summed E-state index contributed by atoms with van der Waals surface area (Å²) in [5, 5.41) is 13.4. The summed E-state index contributed by atoms with van der Waals surface area (Å²) in [6.45, 7) is 10.6. The summed E-state index contributed by atoms with van der Waals surface area (Å²) >= 11 is 1.67. The number of nitrogens with one attached hydrogen (secondary N) is 1. The Morgan fingerprint density at radius 3 is 2.60 bits per heavy atom. The molecular weight excluding hydrogens is 206 g/mol. The highest BCUT2D eigenvalue weighted by molar-refractivity contribution is 7.98. The zero-order chi connectivity index (χ0) is 11.9. The smallest absolute Gasteiger partial charge is 0.0833 e. The molecule has 3 heteroatoms. The van der Waals surface area contributed by atoms with Crippen LogP contribution in [-0.2, 0) is 0 Å². The maximum atomic E-state index is 9.97. The number of hydrogen-bond donors (Lipinski definition) is 2. The van der Waals surface area contributed by atoms with E-state index in [4.69, 9.17) is 0 Å². The van der Waals surface area contributed by atoms with Gasteiger partial charge in [0.25, 0.3) is 0 Å². The van der Waals surface area contributed by atoms with Crippen molar-refractivity contribution in [1.29, 1.82) is 0 Å². The number of aliphatic hydroxyl groups is 1. The molecule has 0 aromatic rings. The van der Waals surface area contributed by atoms with Gasteiger partial charge in [0.15, 0.2) is 0 Å². The van der Waals surface area contributed by atoms with Crippen LogP contribution in [0.3, 0.4) is 0 Å². The molecule has 0 saturated heterocycles. The van der Waals surface area contributed by atoms with Gasteiger partial charge in [0, 0.05) is 18.3 Å². The van der Waals surface area contributed by atoms with E-state index in [-0.39, 0.29) is 0 Å². The molecule has 3 unspecified atom stereocenters. The summed E-state index contributed by atoms with van der Waals surface area (Å²) < 4.78 is 0. The predicted octanol–water partition coefficient (Wildman–Crippen LogP) is 2.29. The van der Waals surface area contributed by atoms with Gasteiger partial charge in [0.2, 0.25) is 0 Å². The quantitative estimate of drug-likeness (QED) is 0.629. The van der Waals surface area contributed by atoms with Crippen molar-refractivity contribution in [3.8, 4) is 0 Å². The predicted molar refractivity (Wildman–Crippen MR) is 70.4 cm³/mol. The Morgan fingerprint density at radius 1 is 1.53 bits per heavy atom. The summed E-state index contributed by atoms with van der Waals surface area (Å²) in [5.41, 5.74) is -0.610. The van der Waals surface area contributed by atoms with E-state index >= 15 is 0 Å². The van der Waals surface area contributed by atoms with Crippen LogP contribution >= 0.6 is 11.8 Å². The lowest BCUT2D eigenvalue weighted by Crippen LogP contribution is -2.45. The zero-order valence-corrected chi connectivity index (χ0v) is 11.2. The average Bonchev–Trinajstić information content (AvgIpc) is 2.14. The molecule has 0 heterocycles. The number of rotatable bonds is 8. The van der Waals surface area contributed by atoms with Crippen molar-refractivity contribution in [2.75, 3.05) is 18.6 Å². The molecule has 0 radical (unpaired) electrons. The van der Waals surface area contributed by atoms with Gasteiger partial charge in [-0.2, -0.15) is 11.8 Å². The molecule has 0 saturated carbocycles. The monoisotopic (exact) mass is 231 g/mol. The van der Waals surface area contributed by atoms with Crippen molar-refractivity contribution >= 4 is 11.8 Å². The first-order valence-electron chi connectivity index (χ1n) is 5.48. The van der Waals surface area contributed by atoms with Crippen LogP contribution in [0.15, 0.2) is 12.7 Å². The molecule has 0 aromatic carbocycles. The van der Waals surface area contributed by atoms with E-state index < -0.39 is 5.60 Å². The summed E-state index contributed by atoms with van der Waals surface area (Å²) in [6, 6.07) is 0.413. The second-order valence-corrected chi connectivity index (χ2v) is 5.47. The third kappa shape index (κ3) is 6.98. The van der Waals surface area contributed by atoms with Crippen LogP contribution in [0.5, 0.6) is 0 Å². The van der Waals surface area contributed by atoms with E-state index in [0.29, 0.717) is 18.5 Å². The Bertz CT molecular complexity index is 182. The fourth-order valence-electron chi connectivity index (χ4n) is 1.41. The van der Waals surface area contributed by atoms with Crippen LogP contribution in [0, 0.1) is 5.92 Å². The van der Waals surface area contributed by atoms with E-state index in [1.165, 1.54) is 0 Å². The van der Waals surface area contributed by atoms with Gasteiger partial charge in [0.05, 0.1) is 5.60 Å². The number of hydrogen-bond acceptors (Lipinski definition) is 3. The maximum absolute atomic E-state index is 9.97. The summed E-state index contributed by atoms with van der Waals surface area (Å²) in [7, 11) is 0. The minimum atomic E-state index is -0.610. The summed E-state index contributed by atoms with van der Waals surface area (Å²) in [4.78, 5) is 0. The molecule has 3 atom stereocenters. The first-order valence-corrected chi connectivity index (χ1v) is 6.88. The molecule has 2 nitrogen and oxygen atoms in total. The van der Waals surface area contributed by atoms with Crippen molar-refractivity contribution in [3.05, 3.63) is 12.7 Å². The highest BCUT2D eigenvalue weighted by atomic mass is 32.2. The molecular formula is C12H25NOS. The molecule has 0 aliphatic heterocycles. The van der Waals surface area contributed by atoms with Crippen molar-refractivity contribution in [3.63, 3.8) is 0 Å². The molecule has 0 bridgehead atoms. The van der Waals surface area contributed by atoms with E-state index in [9.17, 15) is 5.11 Å². The standard InChI is InChI=1S/C12H25NOS/c1-6-7-10(2)11(3)13-8-12(4,14)9-15-5/h6,10-11,13-14H,1,7-9H2,2-5H3. The van der Waals surface area contributed by atoms with Gasteiger partial charge >= 0.3 is 0 Å². The Morgan fingerprint density at radius 2 is 2.13 bits per heavy atom. The summed E-state index contributed by atoms with van der Waals surface area (Å²) in [5.74, 6) is 1.33. The minimum Gasteiger partial charge on any atom is -0.388 e. The third-order valence-corrected chi connectivity index (χ3v) is 3.56. The highest BCUT2D eigenvalue weighted by Crippen LogP contribution is 2.12. The van der Waals surface area contributed by atoms with Crippen molar-refractivity contribution in [2.45, 2.75) is 38.8 Å². The van der Waals surface area contributed by atoms with Crippen molar-refractivity contribution < 1.29 is 5.11 Å². The first-order chi connectivity index (χ1) is 6.93. The molecule has 0 amide bonds. The lowest BCUT2D eigenvalue weighted by Gasteiger charge is -2.27. The van der Waals surface area contributed by atoms with Crippen LogP contribution in [0.1, 0.15) is 27.2 Å². The van der Waals surface area contributed by atoms with Crippen LogP contribution < -0.4 is 5.32 Å². The molecule has 0 aromatic heterocycles. The molecule has 0 aliphatic rings. The maximum Gasteiger partial charge on any atom is 0.0833 e. The van der Waals surface area contributed by atoms with Crippen LogP contribution in [0.2, 0.25) is 0 Å². The van der Waals surface area contributed by atoms with E-state index in [2.05, 4.69) is 25.7 Å². The Labute approximate surface area is 98.5 Å². The number of thioether (sulfide) groups is 1. The second kappa shape index (κ2) is 7.31. The Hall–Kier alpha value is 0.0100. The largest absolute Gasteiger partial charge is 0.388 e. The van der Waals surface area contributed by atoms with Gasteiger partial charge in [-0.1, -0.05) is 13.0 Å². The third-order valence-electron chi connectivity index (χ3n) is 2.65. The van der Waals surface area contributed by atoms with E-state index in [1.54, 1.807) is 11.8 Å².